The maximum absolute atomic E-state index is 12.1. The van der Waals surface area contributed by atoms with E-state index in [-0.39, 0.29) is 11.8 Å². The smallest absolute Gasteiger partial charge is 0.406 e. The Morgan fingerprint density at radius 2 is 1.71 bits per heavy atom. The maximum atomic E-state index is 12.1. The number of nitrogens with one attached hydrogen (secondary N) is 1. The molecular formula is C15H15F3N2O. The Kier molecular flexibility index (Phi) is 4.80. The molecule has 112 valence electrons. The third kappa shape index (κ3) is 4.75. The Bertz CT molecular complexity index is 555. The minimum atomic E-state index is -4.66. The lowest BCUT2D eigenvalue weighted by Gasteiger charge is -2.17. The van der Waals surface area contributed by atoms with Crippen molar-refractivity contribution in [2.24, 2.45) is 0 Å². The third-order valence-corrected chi connectivity index (χ3v) is 3.05. The second kappa shape index (κ2) is 6.58. The minimum absolute atomic E-state index is 0.0717. The summed E-state index contributed by atoms with van der Waals surface area (Å²) in [6.45, 7) is 0. The van der Waals surface area contributed by atoms with E-state index < -0.39 is 6.36 Å². The Morgan fingerprint density at radius 3 is 2.24 bits per heavy atom. The van der Waals surface area contributed by atoms with E-state index in [0.717, 1.165) is 11.1 Å². The van der Waals surface area contributed by atoms with E-state index in [1.807, 2.05) is 19.2 Å². The Balaban J connectivity index is 2.05. The molecule has 0 aliphatic heterocycles. The molecule has 1 N–H and O–H groups in total. The first kappa shape index (κ1) is 15.3. The number of rotatable bonds is 5. The molecule has 1 heterocycles. The van der Waals surface area contributed by atoms with Crippen molar-refractivity contribution in [3.8, 4) is 5.75 Å². The molecule has 0 saturated heterocycles. The lowest BCUT2D eigenvalue weighted by molar-refractivity contribution is -0.274. The molecule has 2 aromatic rings. The lowest BCUT2D eigenvalue weighted by Crippen LogP contribution is -2.19. The van der Waals surface area contributed by atoms with Gasteiger partial charge in [-0.05, 0) is 48.9 Å². The Labute approximate surface area is 120 Å². The number of aromatic nitrogens is 1. The molecule has 2 rings (SSSR count). The summed E-state index contributed by atoms with van der Waals surface area (Å²) < 4.78 is 40.1. The molecule has 0 spiro atoms. The van der Waals surface area contributed by atoms with Crippen molar-refractivity contribution < 1.29 is 17.9 Å². The molecule has 0 radical (unpaired) electrons. The van der Waals surface area contributed by atoms with Crippen LogP contribution in [0.2, 0.25) is 0 Å². The summed E-state index contributed by atoms with van der Waals surface area (Å²) in [4.78, 5) is 3.96. The topological polar surface area (TPSA) is 34.1 Å². The predicted octanol–water partition coefficient (Wildman–Crippen LogP) is 3.48. The molecule has 0 aliphatic rings. The van der Waals surface area contributed by atoms with E-state index in [0.29, 0.717) is 6.42 Å². The summed E-state index contributed by atoms with van der Waals surface area (Å²) in [5.74, 6) is -0.212. The molecule has 0 bridgehead atoms. The van der Waals surface area contributed by atoms with Crippen molar-refractivity contribution in [1.29, 1.82) is 0 Å². The molecule has 0 fully saturated rings. The summed E-state index contributed by atoms with van der Waals surface area (Å²) in [6, 6.07) is 9.79. The minimum Gasteiger partial charge on any atom is -0.406 e. The van der Waals surface area contributed by atoms with E-state index in [2.05, 4.69) is 15.0 Å². The zero-order valence-corrected chi connectivity index (χ0v) is 11.4. The van der Waals surface area contributed by atoms with E-state index in [1.165, 1.54) is 12.1 Å². The predicted molar refractivity (Wildman–Crippen MR) is 72.9 cm³/mol. The molecular weight excluding hydrogens is 281 g/mol. The van der Waals surface area contributed by atoms with Crippen LogP contribution in [-0.2, 0) is 6.42 Å². The van der Waals surface area contributed by atoms with Gasteiger partial charge in [-0.1, -0.05) is 12.1 Å². The molecule has 1 aromatic carbocycles. The summed E-state index contributed by atoms with van der Waals surface area (Å²) in [5.41, 5.74) is 1.99. The first-order chi connectivity index (χ1) is 9.98. The van der Waals surface area contributed by atoms with E-state index in [4.69, 9.17) is 0 Å². The SMILES string of the molecule is CNC(Cc1ccc(OC(F)(F)F)cc1)c1ccncc1. The number of likely N-dealkylation sites (N-methyl/N-ethyl adjacent to an activating group) is 1. The molecule has 1 unspecified atom stereocenters. The van der Waals surface area contributed by atoms with Crippen molar-refractivity contribution in [3.05, 3.63) is 59.9 Å². The van der Waals surface area contributed by atoms with E-state index in [1.54, 1.807) is 24.5 Å². The van der Waals surface area contributed by atoms with E-state index in [9.17, 15) is 13.2 Å². The fourth-order valence-corrected chi connectivity index (χ4v) is 2.05. The molecule has 21 heavy (non-hydrogen) atoms. The first-order valence-corrected chi connectivity index (χ1v) is 6.40. The standard InChI is InChI=1S/C15H15F3N2O/c1-19-14(12-6-8-20-9-7-12)10-11-2-4-13(5-3-11)21-15(16,17)18/h2-9,14,19H,10H2,1H3. The number of hydrogen-bond donors (Lipinski definition) is 1. The fourth-order valence-electron chi connectivity index (χ4n) is 2.05. The van der Waals surface area contributed by atoms with Gasteiger partial charge in [0.05, 0.1) is 0 Å². The van der Waals surface area contributed by atoms with E-state index >= 15 is 0 Å². The average Bonchev–Trinajstić information content (AvgIpc) is 2.46. The monoisotopic (exact) mass is 296 g/mol. The van der Waals surface area contributed by atoms with Gasteiger partial charge in [0, 0.05) is 18.4 Å². The van der Waals surface area contributed by atoms with Crippen molar-refractivity contribution in [2.45, 2.75) is 18.8 Å². The molecule has 6 heteroatoms. The van der Waals surface area contributed by atoms with Crippen LogP contribution in [0.25, 0.3) is 0 Å². The first-order valence-electron chi connectivity index (χ1n) is 6.40. The van der Waals surface area contributed by atoms with Gasteiger partial charge in [0.1, 0.15) is 5.75 Å². The maximum Gasteiger partial charge on any atom is 0.573 e. The molecule has 0 saturated carbocycles. The van der Waals surface area contributed by atoms with Crippen LogP contribution in [0.5, 0.6) is 5.75 Å². The van der Waals surface area contributed by atoms with Gasteiger partial charge in [0.2, 0.25) is 0 Å². The third-order valence-electron chi connectivity index (χ3n) is 3.05. The van der Waals surface area contributed by atoms with Gasteiger partial charge >= 0.3 is 6.36 Å². The zero-order valence-electron chi connectivity index (χ0n) is 11.4. The van der Waals surface area contributed by atoms with Crippen LogP contribution < -0.4 is 10.1 Å². The lowest BCUT2D eigenvalue weighted by atomic mass is 10.00. The summed E-state index contributed by atoms with van der Waals surface area (Å²) in [6.07, 6.45) is -0.585. The van der Waals surface area contributed by atoms with Crippen LogP contribution in [0.1, 0.15) is 17.2 Å². The van der Waals surface area contributed by atoms with Crippen molar-refractivity contribution in [2.75, 3.05) is 7.05 Å². The zero-order chi connectivity index (χ0) is 15.3. The molecule has 0 amide bonds. The molecule has 1 atom stereocenters. The molecule has 3 nitrogen and oxygen atoms in total. The van der Waals surface area contributed by atoms with Gasteiger partial charge in [0.15, 0.2) is 0 Å². The summed E-state index contributed by atoms with van der Waals surface area (Å²) in [7, 11) is 1.84. The van der Waals surface area contributed by atoms with Crippen LogP contribution in [0.15, 0.2) is 48.8 Å². The van der Waals surface area contributed by atoms with Gasteiger partial charge in [-0.2, -0.15) is 0 Å². The van der Waals surface area contributed by atoms with Crippen molar-refractivity contribution in [3.63, 3.8) is 0 Å². The van der Waals surface area contributed by atoms with Gasteiger partial charge in [-0.3, -0.25) is 4.98 Å². The second-order valence-corrected chi connectivity index (χ2v) is 4.52. The van der Waals surface area contributed by atoms with Crippen molar-refractivity contribution in [1.82, 2.24) is 10.3 Å². The quantitative estimate of drug-likeness (QED) is 0.917. The number of pyridine rings is 1. The number of hydrogen-bond acceptors (Lipinski definition) is 3. The Hall–Kier alpha value is -2.08. The van der Waals surface area contributed by atoms with Gasteiger partial charge in [-0.15, -0.1) is 13.2 Å². The average molecular weight is 296 g/mol. The number of benzene rings is 1. The van der Waals surface area contributed by atoms with Crippen LogP contribution in [0, 0.1) is 0 Å². The highest BCUT2D eigenvalue weighted by molar-refractivity contribution is 5.29. The number of halogens is 3. The van der Waals surface area contributed by atoms with Gasteiger partial charge in [-0.25, -0.2) is 0 Å². The summed E-state index contributed by atoms with van der Waals surface area (Å²) in [5, 5.41) is 3.18. The second-order valence-electron chi connectivity index (χ2n) is 4.52. The Morgan fingerprint density at radius 1 is 1.10 bits per heavy atom. The van der Waals surface area contributed by atoms with Crippen LogP contribution in [0.3, 0.4) is 0 Å². The van der Waals surface area contributed by atoms with Crippen LogP contribution in [-0.4, -0.2) is 18.4 Å². The number of nitrogens with zero attached hydrogens (tertiary/aromatic N) is 1. The van der Waals surface area contributed by atoms with Crippen LogP contribution in [0.4, 0.5) is 13.2 Å². The number of alkyl halides is 3. The normalized spacial score (nSPS) is 13.0. The molecule has 0 aliphatic carbocycles. The number of ether oxygens (including phenoxy) is 1. The largest absolute Gasteiger partial charge is 0.573 e. The highest BCUT2D eigenvalue weighted by atomic mass is 19.4. The molecule has 1 aromatic heterocycles. The van der Waals surface area contributed by atoms with Gasteiger partial charge in [0.25, 0.3) is 0 Å². The highest BCUT2D eigenvalue weighted by Gasteiger charge is 2.30. The fraction of sp³-hybridized carbons (Fsp3) is 0.267. The highest BCUT2D eigenvalue weighted by Crippen LogP contribution is 2.24. The van der Waals surface area contributed by atoms with Crippen LogP contribution >= 0.6 is 0 Å². The summed E-state index contributed by atoms with van der Waals surface area (Å²) >= 11 is 0. The van der Waals surface area contributed by atoms with Crippen molar-refractivity contribution >= 4 is 0 Å². The van der Waals surface area contributed by atoms with Gasteiger partial charge < -0.3 is 10.1 Å².